The molecule has 1 amide bonds. The zero-order valence-electron chi connectivity index (χ0n) is 8.17. The van der Waals surface area contributed by atoms with Crippen molar-refractivity contribution in [1.29, 1.82) is 0 Å². The maximum absolute atomic E-state index is 10.7. The van der Waals surface area contributed by atoms with Gasteiger partial charge in [0.25, 0.3) is 0 Å². The molecule has 0 bridgehead atoms. The van der Waals surface area contributed by atoms with Crippen molar-refractivity contribution in [3.63, 3.8) is 0 Å². The zero-order valence-corrected chi connectivity index (χ0v) is 8.99. The van der Waals surface area contributed by atoms with Crippen LogP contribution in [0.3, 0.4) is 0 Å². The molecule has 1 aromatic rings. The molecule has 0 aliphatic carbocycles. The van der Waals surface area contributed by atoms with Gasteiger partial charge in [-0.3, -0.25) is 4.79 Å². The summed E-state index contributed by atoms with van der Waals surface area (Å²) in [5, 5.41) is 0. The lowest BCUT2D eigenvalue weighted by molar-refractivity contribution is -0.116. The van der Waals surface area contributed by atoms with E-state index in [0.717, 1.165) is 0 Å². The van der Waals surface area contributed by atoms with Crippen LogP contribution >= 0.6 is 12.2 Å². The van der Waals surface area contributed by atoms with Gasteiger partial charge in [-0.2, -0.15) is 0 Å². The molecule has 0 aliphatic heterocycles. The van der Waals surface area contributed by atoms with Crippen molar-refractivity contribution in [2.75, 3.05) is 18.5 Å². The summed E-state index contributed by atoms with van der Waals surface area (Å²) in [6.07, 6.45) is 1.52. The Balaban J connectivity index is 2.89. The zero-order chi connectivity index (χ0) is 11.4. The summed E-state index contributed by atoms with van der Waals surface area (Å²) in [6.45, 7) is 0.0424. The molecule has 0 saturated heterocycles. The van der Waals surface area contributed by atoms with Gasteiger partial charge in [0.05, 0.1) is 6.54 Å². The fourth-order valence-electron chi connectivity index (χ4n) is 0.974. The van der Waals surface area contributed by atoms with Gasteiger partial charge in [0, 0.05) is 13.2 Å². The van der Waals surface area contributed by atoms with Crippen LogP contribution in [0.4, 0.5) is 5.95 Å². The molecule has 6 nitrogen and oxygen atoms in total. The highest BCUT2D eigenvalue weighted by molar-refractivity contribution is 7.80. The van der Waals surface area contributed by atoms with Crippen LogP contribution in [-0.2, 0) is 4.79 Å². The number of likely N-dealkylation sites (N-methyl/N-ethyl adjacent to an activating group) is 1. The van der Waals surface area contributed by atoms with E-state index in [1.165, 1.54) is 11.1 Å². The number of nitrogens with zero attached hydrogens (tertiary/aromatic N) is 3. The topological polar surface area (TPSA) is 98.1 Å². The van der Waals surface area contributed by atoms with E-state index in [1.54, 1.807) is 13.1 Å². The normalized spacial score (nSPS) is 9.67. The van der Waals surface area contributed by atoms with E-state index in [2.05, 4.69) is 9.97 Å². The van der Waals surface area contributed by atoms with Crippen LogP contribution in [0.15, 0.2) is 12.3 Å². The second kappa shape index (κ2) is 4.65. The van der Waals surface area contributed by atoms with Crippen LogP contribution in [0.1, 0.15) is 5.69 Å². The van der Waals surface area contributed by atoms with Crippen molar-refractivity contribution in [2.24, 2.45) is 11.5 Å². The molecule has 0 saturated carbocycles. The molecular weight excluding hydrogens is 214 g/mol. The molecule has 0 atom stereocenters. The Hall–Kier alpha value is -1.76. The molecule has 80 valence electrons. The van der Waals surface area contributed by atoms with Crippen molar-refractivity contribution in [2.45, 2.75) is 0 Å². The Morgan fingerprint density at radius 3 is 2.80 bits per heavy atom. The second-order valence-corrected chi connectivity index (χ2v) is 3.37. The van der Waals surface area contributed by atoms with Crippen LogP contribution < -0.4 is 16.4 Å². The van der Waals surface area contributed by atoms with E-state index in [-0.39, 0.29) is 11.5 Å². The number of nitrogens with two attached hydrogens (primary N) is 2. The summed E-state index contributed by atoms with van der Waals surface area (Å²) in [7, 11) is 1.66. The molecule has 0 unspecified atom stereocenters. The molecule has 7 heteroatoms. The largest absolute Gasteiger partial charge is 0.388 e. The summed E-state index contributed by atoms with van der Waals surface area (Å²) in [5.41, 5.74) is 10.9. The molecule has 0 aromatic carbocycles. The molecule has 4 N–H and O–H groups in total. The highest BCUT2D eigenvalue weighted by Gasteiger charge is 2.08. The number of anilines is 1. The first-order chi connectivity index (χ1) is 7.00. The molecule has 1 rings (SSSR count). The molecular formula is C8H11N5OS. The third-order valence-electron chi connectivity index (χ3n) is 1.63. The molecule has 0 aliphatic rings. The average Bonchev–Trinajstić information content (AvgIpc) is 2.17. The Morgan fingerprint density at radius 2 is 2.27 bits per heavy atom. The van der Waals surface area contributed by atoms with E-state index in [1.807, 2.05) is 0 Å². The number of aromatic nitrogens is 2. The summed E-state index contributed by atoms with van der Waals surface area (Å²) in [4.78, 5) is 20.4. The summed E-state index contributed by atoms with van der Waals surface area (Å²) in [5.74, 6) is -0.0964. The summed E-state index contributed by atoms with van der Waals surface area (Å²) in [6, 6.07) is 1.60. The third kappa shape index (κ3) is 3.13. The van der Waals surface area contributed by atoms with Crippen molar-refractivity contribution in [1.82, 2.24) is 9.97 Å². The van der Waals surface area contributed by atoms with E-state index in [0.29, 0.717) is 11.6 Å². The van der Waals surface area contributed by atoms with Crippen LogP contribution in [0, 0.1) is 0 Å². The minimum atomic E-state index is -0.457. The van der Waals surface area contributed by atoms with E-state index in [4.69, 9.17) is 23.7 Å². The third-order valence-corrected chi connectivity index (χ3v) is 1.84. The van der Waals surface area contributed by atoms with Gasteiger partial charge < -0.3 is 16.4 Å². The Labute approximate surface area is 92.3 Å². The van der Waals surface area contributed by atoms with E-state index < -0.39 is 5.91 Å². The lowest BCUT2D eigenvalue weighted by Crippen LogP contribution is -2.32. The van der Waals surface area contributed by atoms with Crippen molar-refractivity contribution < 1.29 is 4.79 Å². The average molecular weight is 225 g/mol. The van der Waals surface area contributed by atoms with Crippen LogP contribution in [-0.4, -0.2) is 34.5 Å². The first-order valence-electron chi connectivity index (χ1n) is 4.13. The first kappa shape index (κ1) is 11.3. The number of amides is 1. The van der Waals surface area contributed by atoms with Crippen LogP contribution in [0.25, 0.3) is 0 Å². The molecule has 0 spiro atoms. The number of rotatable bonds is 4. The Kier molecular flexibility index (Phi) is 3.51. The maximum atomic E-state index is 10.7. The lowest BCUT2D eigenvalue weighted by atomic mass is 10.4. The molecule has 0 fully saturated rings. The van der Waals surface area contributed by atoms with Gasteiger partial charge in [-0.1, -0.05) is 12.2 Å². The molecule has 0 radical (unpaired) electrons. The smallest absolute Gasteiger partial charge is 0.237 e. The number of hydrogen-bond acceptors (Lipinski definition) is 5. The second-order valence-electron chi connectivity index (χ2n) is 2.93. The standard InChI is InChI=1S/C8H11N5OS/c1-13(4-6(9)14)8-11-3-2-5(12-8)7(10)15/h2-3H,4H2,1H3,(H2,9,14)(H2,10,15). The minimum Gasteiger partial charge on any atom is -0.388 e. The van der Waals surface area contributed by atoms with Gasteiger partial charge >= 0.3 is 0 Å². The SMILES string of the molecule is CN(CC(N)=O)c1nccc(C(N)=S)n1. The first-order valence-corrected chi connectivity index (χ1v) is 4.54. The lowest BCUT2D eigenvalue weighted by Gasteiger charge is -2.14. The fourth-order valence-corrected chi connectivity index (χ4v) is 1.09. The maximum Gasteiger partial charge on any atom is 0.237 e. The highest BCUT2D eigenvalue weighted by Crippen LogP contribution is 2.04. The number of carbonyl (C=O) groups excluding carboxylic acids is 1. The van der Waals surface area contributed by atoms with Gasteiger partial charge in [0.1, 0.15) is 10.7 Å². The van der Waals surface area contributed by atoms with E-state index >= 15 is 0 Å². The van der Waals surface area contributed by atoms with Crippen molar-refractivity contribution in [3.8, 4) is 0 Å². The van der Waals surface area contributed by atoms with Crippen LogP contribution in [0.5, 0.6) is 0 Å². The molecule has 1 aromatic heterocycles. The van der Waals surface area contributed by atoms with Gasteiger partial charge in [-0.25, -0.2) is 9.97 Å². The number of thiocarbonyl (C=S) groups is 1. The predicted molar refractivity (Wildman–Crippen MR) is 60.4 cm³/mol. The quantitative estimate of drug-likeness (QED) is 0.640. The minimum absolute atomic E-state index is 0.0424. The molecule has 15 heavy (non-hydrogen) atoms. The number of primary amides is 1. The van der Waals surface area contributed by atoms with Crippen LogP contribution in [0.2, 0.25) is 0 Å². The Bertz CT molecular complexity index is 394. The van der Waals surface area contributed by atoms with Gasteiger partial charge in [-0.15, -0.1) is 0 Å². The number of carbonyl (C=O) groups is 1. The van der Waals surface area contributed by atoms with Crippen molar-refractivity contribution in [3.05, 3.63) is 18.0 Å². The monoisotopic (exact) mass is 225 g/mol. The van der Waals surface area contributed by atoms with Gasteiger partial charge in [0.15, 0.2) is 0 Å². The van der Waals surface area contributed by atoms with Crippen molar-refractivity contribution >= 4 is 29.1 Å². The van der Waals surface area contributed by atoms with Gasteiger partial charge in [-0.05, 0) is 6.07 Å². The van der Waals surface area contributed by atoms with E-state index in [9.17, 15) is 4.79 Å². The molecule has 1 heterocycles. The fraction of sp³-hybridized carbons (Fsp3) is 0.250. The summed E-state index contributed by atoms with van der Waals surface area (Å²) >= 11 is 4.77. The highest BCUT2D eigenvalue weighted by atomic mass is 32.1. The predicted octanol–water partition coefficient (Wildman–Crippen LogP) is -0.968. The summed E-state index contributed by atoms with van der Waals surface area (Å²) < 4.78 is 0. The Morgan fingerprint density at radius 1 is 1.60 bits per heavy atom. The van der Waals surface area contributed by atoms with Gasteiger partial charge in [0.2, 0.25) is 11.9 Å². The number of hydrogen-bond donors (Lipinski definition) is 2.